The minimum atomic E-state index is -0.408. The van der Waals surface area contributed by atoms with Crippen molar-refractivity contribution >= 4 is 28.3 Å². The normalized spacial score (nSPS) is 19.0. The number of aryl methyl sites for hydroxylation is 1. The molecule has 2 rings (SSSR count). The van der Waals surface area contributed by atoms with Crippen LogP contribution in [0.3, 0.4) is 0 Å². The molecule has 1 fully saturated rings. The number of rotatable bonds is 4. The van der Waals surface area contributed by atoms with Crippen molar-refractivity contribution in [3.8, 4) is 0 Å². The van der Waals surface area contributed by atoms with E-state index in [1.165, 1.54) is 4.90 Å². The molecule has 1 atom stereocenters. The second kappa shape index (κ2) is 5.66. The Kier molecular flexibility index (Phi) is 4.16. The van der Waals surface area contributed by atoms with Crippen molar-refractivity contribution < 1.29 is 19.4 Å². The van der Waals surface area contributed by atoms with Crippen molar-refractivity contribution in [2.24, 2.45) is 5.92 Å². The molecule has 1 N–H and O–H groups in total. The summed E-state index contributed by atoms with van der Waals surface area (Å²) >= 11 is 1.16. The van der Waals surface area contributed by atoms with Gasteiger partial charge in [0.05, 0.1) is 12.3 Å². The van der Waals surface area contributed by atoms with Crippen molar-refractivity contribution in [1.29, 1.82) is 0 Å². The summed E-state index contributed by atoms with van der Waals surface area (Å²) in [6.07, 6.45) is 0.323. The summed E-state index contributed by atoms with van der Waals surface area (Å²) in [7, 11) is 0. The smallest absolute Gasteiger partial charge is 0.350 e. The highest BCUT2D eigenvalue weighted by molar-refractivity contribution is 7.17. The van der Waals surface area contributed by atoms with Gasteiger partial charge in [-0.15, -0.1) is 0 Å². The molecule has 1 aromatic rings. The van der Waals surface area contributed by atoms with Crippen LogP contribution in [0, 0.1) is 12.8 Å². The monoisotopic (exact) mass is 284 g/mol. The second-order valence-electron chi connectivity index (χ2n) is 4.39. The van der Waals surface area contributed by atoms with Crippen LogP contribution in [-0.4, -0.2) is 41.7 Å². The lowest BCUT2D eigenvalue weighted by molar-refractivity contribution is -0.117. The molecule has 1 unspecified atom stereocenters. The first-order valence-corrected chi connectivity index (χ1v) is 6.94. The number of carbonyl (C=O) groups is 2. The molecule has 0 aromatic carbocycles. The number of aliphatic hydroxyl groups is 1. The van der Waals surface area contributed by atoms with Gasteiger partial charge < -0.3 is 9.84 Å². The summed E-state index contributed by atoms with van der Waals surface area (Å²) in [5.74, 6) is -0.528. The number of aromatic nitrogens is 1. The molecule has 0 saturated carbocycles. The first kappa shape index (κ1) is 14.0. The predicted molar refractivity (Wildman–Crippen MR) is 70.4 cm³/mol. The largest absolute Gasteiger partial charge is 0.462 e. The Balaban J connectivity index is 2.20. The lowest BCUT2D eigenvalue weighted by Gasteiger charge is -2.11. The highest BCUT2D eigenvalue weighted by Gasteiger charge is 2.33. The van der Waals surface area contributed by atoms with Gasteiger partial charge in [-0.1, -0.05) is 11.3 Å². The van der Waals surface area contributed by atoms with E-state index in [2.05, 4.69) is 4.98 Å². The number of nitrogens with zero attached hydrogens (tertiary/aromatic N) is 2. The second-order valence-corrected chi connectivity index (χ2v) is 5.37. The van der Waals surface area contributed by atoms with Crippen molar-refractivity contribution in [1.82, 2.24) is 4.98 Å². The van der Waals surface area contributed by atoms with Crippen molar-refractivity contribution in [3.05, 3.63) is 10.6 Å². The summed E-state index contributed by atoms with van der Waals surface area (Å²) in [5, 5.41) is 9.60. The van der Waals surface area contributed by atoms with Gasteiger partial charge in [0, 0.05) is 25.5 Å². The van der Waals surface area contributed by atoms with Gasteiger partial charge in [0.1, 0.15) is 4.88 Å². The zero-order valence-electron chi connectivity index (χ0n) is 10.9. The molecular formula is C12H16N2O4S. The number of anilines is 1. The molecule has 0 spiro atoms. The fourth-order valence-corrected chi connectivity index (χ4v) is 2.96. The Labute approximate surface area is 115 Å². The molecule has 1 amide bonds. The first-order valence-electron chi connectivity index (χ1n) is 6.12. The third-order valence-corrected chi connectivity index (χ3v) is 4.10. The molecule has 6 nitrogen and oxygen atoms in total. The average Bonchev–Trinajstić information content (AvgIpc) is 2.92. The van der Waals surface area contributed by atoms with E-state index < -0.39 is 5.97 Å². The van der Waals surface area contributed by atoms with E-state index in [1.807, 2.05) is 0 Å². The molecule has 0 bridgehead atoms. The number of esters is 1. The molecule has 0 radical (unpaired) electrons. The Bertz CT molecular complexity index is 500. The van der Waals surface area contributed by atoms with E-state index in [1.54, 1.807) is 13.8 Å². The quantitative estimate of drug-likeness (QED) is 0.833. The van der Waals surface area contributed by atoms with E-state index in [4.69, 9.17) is 9.84 Å². The zero-order chi connectivity index (χ0) is 14.0. The number of carbonyl (C=O) groups excluding carboxylic acids is 2. The maximum Gasteiger partial charge on any atom is 0.350 e. The van der Waals surface area contributed by atoms with E-state index >= 15 is 0 Å². The zero-order valence-corrected chi connectivity index (χ0v) is 11.7. The predicted octanol–water partition coefficient (Wildman–Crippen LogP) is 0.973. The van der Waals surface area contributed by atoms with Crippen LogP contribution in [0.2, 0.25) is 0 Å². The molecule has 19 heavy (non-hydrogen) atoms. The summed E-state index contributed by atoms with van der Waals surface area (Å²) in [6, 6.07) is 0. The summed E-state index contributed by atoms with van der Waals surface area (Å²) in [6.45, 7) is 4.20. The average molecular weight is 284 g/mol. The lowest BCUT2D eigenvalue weighted by atomic mass is 10.1. The number of hydrogen-bond donors (Lipinski definition) is 1. The lowest BCUT2D eigenvalue weighted by Crippen LogP contribution is -2.24. The van der Waals surface area contributed by atoms with E-state index in [0.717, 1.165) is 11.3 Å². The third-order valence-electron chi connectivity index (χ3n) is 2.94. The van der Waals surface area contributed by atoms with Crippen LogP contribution >= 0.6 is 11.3 Å². The molecule has 0 aliphatic carbocycles. The van der Waals surface area contributed by atoms with Crippen LogP contribution in [-0.2, 0) is 9.53 Å². The van der Waals surface area contributed by atoms with Gasteiger partial charge in [-0.05, 0) is 13.8 Å². The van der Waals surface area contributed by atoms with E-state index in [0.29, 0.717) is 35.3 Å². The maximum atomic E-state index is 11.8. The summed E-state index contributed by atoms with van der Waals surface area (Å²) < 4.78 is 4.94. The van der Waals surface area contributed by atoms with E-state index in [-0.39, 0.29) is 18.4 Å². The highest BCUT2D eigenvalue weighted by Crippen LogP contribution is 2.31. The van der Waals surface area contributed by atoms with Gasteiger partial charge >= 0.3 is 5.97 Å². The summed E-state index contributed by atoms with van der Waals surface area (Å²) in [5.41, 5.74) is 0.568. The molecular weight excluding hydrogens is 268 g/mol. The molecule has 1 saturated heterocycles. The topological polar surface area (TPSA) is 79.7 Å². The Morgan fingerprint density at radius 2 is 2.37 bits per heavy atom. The highest BCUT2D eigenvalue weighted by atomic mass is 32.1. The van der Waals surface area contributed by atoms with Gasteiger partial charge in [-0.25, -0.2) is 9.78 Å². The van der Waals surface area contributed by atoms with Gasteiger partial charge in [-0.2, -0.15) is 0 Å². The fraction of sp³-hybridized carbons (Fsp3) is 0.583. The van der Waals surface area contributed by atoms with Crippen molar-refractivity contribution in [2.45, 2.75) is 20.3 Å². The number of amides is 1. The first-order chi connectivity index (χ1) is 9.06. The minimum absolute atomic E-state index is 0.0165. The molecule has 2 heterocycles. The summed E-state index contributed by atoms with van der Waals surface area (Å²) in [4.78, 5) is 29.7. The third kappa shape index (κ3) is 2.76. The minimum Gasteiger partial charge on any atom is -0.462 e. The fourth-order valence-electron chi connectivity index (χ4n) is 1.97. The molecule has 7 heteroatoms. The van der Waals surface area contributed by atoms with Crippen LogP contribution in [0.4, 0.5) is 5.13 Å². The van der Waals surface area contributed by atoms with Crippen LogP contribution in [0.15, 0.2) is 0 Å². The van der Waals surface area contributed by atoms with Crippen molar-refractivity contribution in [3.63, 3.8) is 0 Å². The molecule has 1 aliphatic rings. The van der Waals surface area contributed by atoms with Crippen LogP contribution in [0.25, 0.3) is 0 Å². The van der Waals surface area contributed by atoms with Gasteiger partial charge in [0.25, 0.3) is 0 Å². The molecule has 1 aliphatic heterocycles. The molecule has 104 valence electrons. The van der Waals surface area contributed by atoms with Gasteiger partial charge in [0.15, 0.2) is 5.13 Å². The van der Waals surface area contributed by atoms with Crippen LogP contribution < -0.4 is 4.90 Å². The van der Waals surface area contributed by atoms with Gasteiger partial charge in [-0.3, -0.25) is 9.69 Å². The molecule has 1 aromatic heterocycles. The Morgan fingerprint density at radius 3 is 2.95 bits per heavy atom. The Hall–Kier alpha value is -1.47. The van der Waals surface area contributed by atoms with E-state index in [9.17, 15) is 9.59 Å². The Morgan fingerprint density at radius 1 is 1.63 bits per heavy atom. The maximum absolute atomic E-state index is 11.8. The van der Waals surface area contributed by atoms with Crippen LogP contribution in [0.5, 0.6) is 0 Å². The van der Waals surface area contributed by atoms with Crippen molar-refractivity contribution in [2.75, 3.05) is 24.7 Å². The number of aliphatic hydroxyl groups excluding tert-OH is 1. The van der Waals surface area contributed by atoms with Crippen LogP contribution in [0.1, 0.15) is 28.7 Å². The number of thiazole rings is 1. The number of ether oxygens (including phenoxy) is 1. The van der Waals surface area contributed by atoms with Gasteiger partial charge in [0.2, 0.25) is 5.91 Å². The number of hydrogen-bond acceptors (Lipinski definition) is 6. The standard InChI is InChI=1S/C12H16N2O4S/c1-3-18-11(17)10-7(2)13-12(19-10)14-5-8(6-15)4-9(14)16/h8,15H,3-6H2,1-2H3. The SMILES string of the molecule is CCOC(=O)c1sc(N2CC(CO)CC2=O)nc1C.